The zero-order valence-electron chi connectivity index (χ0n) is 10.2. The minimum Gasteiger partial charge on any atom is -0.481 e. The molecule has 0 bridgehead atoms. The maximum absolute atomic E-state index is 12.7. The number of carbonyl (C=O) groups excluding carboxylic acids is 1. The summed E-state index contributed by atoms with van der Waals surface area (Å²) < 4.78 is 12.7. The van der Waals surface area contributed by atoms with Crippen LogP contribution in [0, 0.1) is 11.7 Å². The number of benzene rings is 1. The average Bonchev–Trinajstić information content (AvgIpc) is 2.32. The van der Waals surface area contributed by atoms with Crippen molar-refractivity contribution in [1.82, 2.24) is 4.90 Å². The van der Waals surface area contributed by atoms with Crippen LogP contribution in [0.2, 0.25) is 0 Å². The van der Waals surface area contributed by atoms with Crippen molar-refractivity contribution >= 4 is 23.6 Å². The monoisotopic (exact) mass is 283 g/mol. The second kappa shape index (κ2) is 6.06. The van der Waals surface area contributed by atoms with Gasteiger partial charge in [-0.3, -0.25) is 9.59 Å². The fourth-order valence-corrected chi connectivity index (χ4v) is 2.72. The van der Waals surface area contributed by atoms with E-state index < -0.39 is 5.97 Å². The lowest BCUT2D eigenvalue weighted by molar-refractivity contribution is -0.143. The van der Waals surface area contributed by atoms with Crippen LogP contribution >= 0.6 is 11.8 Å². The van der Waals surface area contributed by atoms with Gasteiger partial charge >= 0.3 is 5.97 Å². The Balaban J connectivity index is 1.71. The molecule has 1 aliphatic rings. The van der Waals surface area contributed by atoms with Gasteiger partial charge in [-0.25, -0.2) is 4.39 Å². The van der Waals surface area contributed by atoms with Crippen molar-refractivity contribution in [1.29, 1.82) is 0 Å². The normalized spacial score (nSPS) is 15.1. The lowest BCUT2D eigenvalue weighted by Crippen LogP contribution is -2.51. The molecule has 1 saturated heterocycles. The van der Waals surface area contributed by atoms with Crippen molar-refractivity contribution < 1.29 is 19.1 Å². The molecule has 0 radical (unpaired) electrons. The number of thioether (sulfide) groups is 1. The molecule has 0 saturated carbocycles. The summed E-state index contributed by atoms with van der Waals surface area (Å²) in [7, 11) is 0. The summed E-state index contributed by atoms with van der Waals surface area (Å²) in [5.74, 6) is -0.744. The van der Waals surface area contributed by atoms with E-state index in [1.807, 2.05) is 0 Å². The molecule has 1 aliphatic heterocycles. The van der Waals surface area contributed by atoms with Gasteiger partial charge in [0.2, 0.25) is 5.91 Å². The van der Waals surface area contributed by atoms with Crippen LogP contribution in [-0.2, 0) is 9.59 Å². The van der Waals surface area contributed by atoms with Crippen LogP contribution < -0.4 is 0 Å². The van der Waals surface area contributed by atoms with Crippen LogP contribution in [0.25, 0.3) is 0 Å². The molecule has 0 aliphatic carbocycles. The standard InChI is InChI=1S/C13H14FNO3S/c14-10-1-3-11(4-2-10)19-8-12(16)15-6-9(7-15)5-13(17)18/h1-4,9H,5-8H2,(H,17,18). The molecule has 19 heavy (non-hydrogen) atoms. The van der Waals surface area contributed by atoms with E-state index in [1.54, 1.807) is 17.0 Å². The van der Waals surface area contributed by atoms with E-state index in [0.717, 1.165) is 4.90 Å². The van der Waals surface area contributed by atoms with Gasteiger partial charge < -0.3 is 10.0 Å². The van der Waals surface area contributed by atoms with Gasteiger partial charge in [-0.2, -0.15) is 0 Å². The Labute approximate surface area is 114 Å². The molecule has 0 atom stereocenters. The largest absolute Gasteiger partial charge is 0.481 e. The lowest BCUT2D eigenvalue weighted by atomic mass is 9.96. The van der Waals surface area contributed by atoms with Gasteiger partial charge in [-0.1, -0.05) is 0 Å². The molecule has 1 N–H and O–H groups in total. The fraction of sp³-hybridized carbons (Fsp3) is 0.385. The number of hydrogen-bond acceptors (Lipinski definition) is 3. The van der Waals surface area contributed by atoms with Crippen molar-refractivity contribution in [3.05, 3.63) is 30.1 Å². The molecule has 6 heteroatoms. The minimum absolute atomic E-state index is 0.00374. The first-order valence-corrected chi connectivity index (χ1v) is 6.91. The molecule has 1 amide bonds. The van der Waals surface area contributed by atoms with Crippen LogP contribution in [0.15, 0.2) is 29.2 Å². The summed E-state index contributed by atoms with van der Waals surface area (Å²) in [6, 6.07) is 5.99. The number of nitrogens with zero attached hydrogens (tertiary/aromatic N) is 1. The first-order valence-electron chi connectivity index (χ1n) is 5.92. The predicted octanol–water partition coefficient (Wildman–Crippen LogP) is 1.85. The predicted molar refractivity (Wildman–Crippen MR) is 69.4 cm³/mol. The van der Waals surface area contributed by atoms with Gasteiger partial charge in [0.05, 0.1) is 12.2 Å². The average molecular weight is 283 g/mol. The van der Waals surface area contributed by atoms with Gasteiger partial charge in [0.15, 0.2) is 0 Å². The second-order valence-electron chi connectivity index (χ2n) is 4.51. The number of likely N-dealkylation sites (tertiary alicyclic amines) is 1. The number of carboxylic acid groups (broad SMARTS) is 1. The van der Waals surface area contributed by atoms with Gasteiger partial charge in [-0.05, 0) is 24.3 Å². The fourth-order valence-electron chi connectivity index (χ4n) is 1.92. The third kappa shape index (κ3) is 3.96. The number of amides is 1. The van der Waals surface area contributed by atoms with Crippen LogP contribution in [0.1, 0.15) is 6.42 Å². The molecule has 102 valence electrons. The number of carboxylic acids is 1. The van der Waals surface area contributed by atoms with E-state index in [0.29, 0.717) is 18.8 Å². The van der Waals surface area contributed by atoms with E-state index >= 15 is 0 Å². The number of carbonyl (C=O) groups is 2. The second-order valence-corrected chi connectivity index (χ2v) is 5.55. The van der Waals surface area contributed by atoms with Gasteiger partial charge in [-0.15, -0.1) is 11.8 Å². The zero-order valence-corrected chi connectivity index (χ0v) is 11.0. The van der Waals surface area contributed by atoms with Crippen molar-refractivity contribution in [2.75, 3.05) is 18.8 Å². The van der Waals surface area contributed by atoms with E-state index in [2.05, 4.69) is 0 Å². The topological polar surface area (TPSA) is 57.6 Å². The molecule has 1 heterocycles. The van der Waals surface area contributed by atoms with Crippen molar-refractivity contribution in [2.45, 2.75) is 11.3 Å². The molecule has 0 spiro atoms. The molecule has 0 unspecified atom stereocenters. The number of hydrogen-bond donors (Lipinski definition) is 1. The van der Waals surface area contributed by atoms with Crippen LogP contribution in [0.5, 0.6) is 0 Å². The van der Waals surface area contributed by atoms with Gasteiger partial charge in [0, 0.05) is 23.9 Å². The molecule has 0 aromatic heterocycles. The maximum Gasteiger partial charge on any atom is 0.303 e. The Hall–Kier alpha value is -1.56. The molecule has 1 aromatic rings. The minimum atomic E-state index is -0.821. The molecule has 1 fully saturated rings. The smallest absolute Gasteiger partial charge is 0.303 e. The maximum atomic E-state index is 12.7. The number of rotatable bonds is 5. The summed E-state index contributed by atoms with van der Waals surface area (Å²) in [5.41, 5.74) is 0. The SMILES string of the molecule is O=C(O)CC1CN(C(=O)CSc2ccc(F)cc2)C1. The van der Waals surface area contributed by atoms with Crippen LogP contribution in [0.3, 0.4) is 0 Å². The van der Waals surface area contributed by atoms with E-state index in [9.17, 15) is 14.0 Å². The van der Waals surface area contributed by atoms with Crippen LogP contribution in [-0.4, -0.2) is 40.7 Å². The van der Waals surface area contributed by atoms with E-state index in [-0.39, 0.29) is 24.1 Å². The summed E-state index contributed by atoms with van der Waals surface area (Å²) in [6.07, 6.45) is 0.120. The molecular formula is C13H14FNO3S. The Bertz CT molecular complexity index is 471. The Morgan fingerprint density at radius 1 is 1.32 bits per heavy atom. The number of halogens is 1. The van der Waals surface area contributed by atoms with Crippen molar-refractivity contribution in [2.24, 2.45) is 5.92 Å². The van der Waals surface area contributed by atoms with Gasteiger partial charge in [0.25, 0.3) is 0 Å². The van der Waals surface area contributed by atoms with E-state index in [4.69, 9.17) is 5.11 Å². The third-order valence-corrected chi connectivity index (χ3v) is 3.95. The molecule has 2 rings (SSSR count). The lowest BCUT2D eigenvalue weighted by Gasteiger charge is -2.38. The number of aliphatic carboxylic acids is 1. The van der Waals surface area contributed by atoms with Crippen molar-refractivity contribution in [3.8, 4) is 0 Å². The highest BCUT2D eigenvalue weighted by Crippen LogP contribution is 2.23. The van der Waals surface area contributed by atoms with Crippen molar-refractivity contribution in [3.63, 3.8) is 0 Å². The first kappa shape index (κ1) is 13.9. The van der Waals surface area contributed by atoms with E-state index in [1.165, 1.54) is 23.9 Å². The molecular weight excluding hydrogens is 269 g/mol. The van der Waals surface area contributed by atoms with Gasteiger partial charge in [0.1, 0.15) is 5.82 Å². The Kier molecular flexibility index (Phi) is 4.42. The highest BCUT2D eigenvalue weighted by Gasteiger charge is 2.31. The summed E-state index contributed by atoms with van der Waals surface area (Å²) in [5, 5.41) is 8.61. The molecule has 4 nitrogen and oxygen atoms in total. The highest BCUT2D eigenvalue weighted by atomic mass is 32.2. The Morgan fingerprint density at radius 3 is 2.53 bits per heavy atom. The molecule has 1 aromatic carbocycles. The highest BCUT2D eigenvalue weighted by molar-refractivity contribution is 8.00. The first-order chi connectivity index (χ1) is 9.04. The zero-order chi connectivity index (χ0) is 13.8. The summed E-state index contributed by atoms with van der Waals surface area (Å²) in [6.45, 7) is 1.05. The summed E-state index contributed by atoms with van der Waals surface area (Å²) >= 11 is 1.36. The third-order valence-electron chi connectivity index (χ3n) is 2.95. The quantitative estimate of drug-likeness (QED) is 0.838. The summed E-state index contributed by atoms with van der Waals surface area (Å²) in [4.78, 5) is 24.8. The van der Waals surface area contributed by atoms with Crippen LogP contribution in [0.4, 0.5) is 4.39 Å². The Morgan fingerprint density at radius 2 is 1.95 bits per heavy atom.